The van der Waals surface area contributed by atoms with Crippen LogP contribution in [0.1, 0.15) is 77.0 Å². The van der Waals surface area contributed by atoms with Crippen molar-refractivity contribution in [2.75, 3.05) is 25.2 Å². The second-order valence-electron chi connectivity index (χ2n) is 15.4. The Labute approximate surface area is 393 Å². The minimum Gasteiger partial charge on any atom is -0.744 e. The molecule has 0 atom stereocenters. The minimum atomic E-state index is -6.00. The average Bonchev–Trinajstić information content (AvgIpc) is 3.51. The molecule has 0 bridgehead atoms. The van der Waals surface area contributed by atoms with Crippen LogP contribution in [0.15, 0.2) is 120 Å². The van der Waals surface area contributed by atoms with E-state index >= 15 is 0 Å². The molecule has 6 rings (SSSR count). The molecule has 0 saturated heterocycles. The van der Waals surface area contributed by atoms with E-state index in [9.17, 15) is 35.0 Å². The van der Waals surface area contributed by atoms with Crippen molar-refractivity contribution in [3.63, 3.8) is 0 Å². The van der Waals surface area contributed by atoms with E-state index in [-0.39, 0.29) is 67.7 Å². The van der Waals surface area contributed by atoms with Crippen LogP contribution in [0.5, 0.6) is 5.75 Å². The Bertz CT molecular complexity index is 2410. The summed E-state index contributed by atoms with van der Waals surface area (Å²) in [6.45, 7) is 12.3. The van der Waals surface area contributed by atoms with Crippen LogP contribution in [0, 0.1) is 0 Å². The van der Waals surface area contributed by atoms with Gasteiger partial charge in [-0.2, -0.15) is 4.58 Å². The van der Waals surface area contributed by atoms with Gasteiger partial charge >= 0.3 is 64.6 Å². The molecular formula is C45H50BF4KN2O6S. The fourth-order valence-electron chi connectivity index (χ4n) is 7.98. The van der Waals surface area contributed by atoms with Gasteiger partial charge in [0.2, 0.25) is 5.69 Å². The molecule has 0 spiro atoms. The Morgan fingerprint density at radius 2 is 1.57 bits per heavy atom. The summed E-state index contributed by atoms with van der Waals surface area (Å²) in [7, 11) is -8.98. The van der Waals surface area contributed by atoms with Crippen LogP contribution in [-0.4, -0.2) is 56.7 Å². The first-order valence-corrected chi connectivity index (χ1v) is 20.9. The van der Waals surface area contributed by atoms with Gasteiger partial charge in [0.05, 0.1) is 24.0 Å². The van der Waals surface area contributed by atoms with E-state index in [1.165, 1.54) is 39.9 Å². The number of rotatable bonds is 14. The van der Waals surface area contributed by atoms with Crippen molar-refractivity contribution < 1.29 is 100 Å². The number of methoxy groups -OCH3 is 1. The van der Waals surface area contributed by atoms with Crippen LogP contribution in [0.2, 0.25) is 0 Å². The predicted octanol–water partition coefficient (Wildman–Crippen LogP) is 7.55. The number of hydrogen-bond donors (Lipinski definition) is 0. The average molecular weight is 873 g/mol. The van der Waals surface area contributed by atoms with E-state index in [4.69, 9.17) is 9.47 Å². The SMILES string of the molecule is CCOC(=O)CCCCCN1/C(=C/C=C/C=C/C2=[N+](Cc3ccc(OC)cc3)c3ccc(S(=O)(=O)[O-])cc3C2(C)C)C(C)(C)c2c1ccc1ccccc21.F[B-](F)(F)F.[K+]. The minimum absolute atomic E-state index is 0. The van der Waals surface area contributed by atoms with Crippen molar-refractivity contribution in [2.24, 2.45) is 0 Å². The summed E-state index contributed by atoms with van der Waals surface area (Å²) >= 11 is 0. The molecule has 4 aromatic rings. The van der Waals surface area contributed by atoms with Gasteiger partial charge < -0.3 is 36.2 Å². The number of ether oxygens (including phenoxy) is 2. The van der Waals surface area contributed by atoms with Crippen molar-refractivity contribution >= 4 is 51.2 Å². The second-order valence-corrected chi connectivity index (χ2v) is 16.8. The van der Waals surface area contributed by atoms with Crippen molar-refractivity contribution in [2.45, 2.75) is 82.6 Å². The molecule has 0 aliphatic carbocycles. The Morgan fingerprint density at radius 3 is 2.22 bits per heavy atom. The van der Waals surface area contributed by atoms with E-state index in [0.717, 1.165) is 54.1 Å². The molecule has 0 fully saturated rings. The van der Waals surface area contributed by atoms with Crippen molar-refractivity contribution in [1.29, 1.82) is 0 Å². The van der Waals surface area contributed by atoms with Crippen LogP contribution >= 0.6 is 0 Å². The fourth-order valence-corrected chi connectivity index (χ4v) is 8.47. The number of nitrogens with zero attached hydrogens (tertiary/aromatic N) is 2. The van der Waals surface area contributed by atoms with Crippen LogP contribution in [-0.2, 0) is 37.0 Å². The third-order valence-corrected chi connectivity index (χ3v) is 11.5. The number of allylic oxidation sites excluding steroid dienone is 6. The maximum atomic E-state index is 12.0. The first-order valence-electron chi connectivity index (χ1n) is 19.5. The van der Waals surface area contributed by atoms with Gasteiger partial charge in [0, 0.05) is 53.0 Å². The molecule has 0 saturated carbocycles. The summed E-state index contributed by atoms with van der Waals surface area (Å²) in [4.78, 5) is 14.1. The van der Waals surface area contributed by atoms with Gasteiger partial charge in [0.15, 0.2) is 12.3 Å². The molecule has 0 amide bonds. The number of esters is 1. The first-order chi connectivity index (χ1) is 27.8. The number of benzene rings is 4. The molecule has 2 aliphatic rings. The zero-order valence-corrected chi connectivity index (χ0v) is 39.1. The zero-order chi connectivity index (χ0) is 43.2. The number of fused-ring (bicyclic) bond motifs is 4. The van der Waals surface area contributed by atoms with Gasteiger partial charge in [-0.05, 0) is 98.5 Å². The summed E-state index contributed by atoms with van der Waals surface area (Å²) in [5, 5.41) is 2.47. The van der Waals surface area contributed by atoms with E-state index in [0.29, 0.717) is 19.6 Å². The number of anilines is 1. The number of carbonyl (C=O) groups is 1. The number of halogens is 4. The van der Waals surface area contributed by atoms with E-state index < -0.39 is 22.8 Å². The standard InChI is InChI=1S/C45H50N2O6S.BF4.K/c1-7-53-42(48)20-12-9-15-29-46-39-27-23-33-16-13-14-17-36(33)43(39)45(4,5)41(46)19-11-8-10-18-40-44(2,3)37-30-35(54(49,50)51)26-28-38(37)47(40)31-32-21-24-34(52-6)25-22-32;2-1(3,4)5;/h8,10-11,13-14,16-19,21-28,30H,7,9,12,15,20,29,31H2,1-6H3;;/q;-1;+1. The number of unbranched alkanes of at least 4 members (excludes halogenated alkanes) is 2. The topological polar surface area (TPSA) is 99.0 Å². The predicted molar refractivity (Wildman–Crippen MR) is 225 cm³/mol. The molecular weight excluding hydrogens is 822 g/mol. The molecule has 60 heavy (non-hydrogen) atoms. The molecule has 0 unspecified atom stereocenters. The molecule has 15 heteroatoms. The summed E-state index contributed by atoms with van der Waals surface area (Å²) in [5.41, 5.74) is 6.60. The van der Waals surface area contributed by atoms with Gasteiger partial charge in [0.1, 0.15) is 15.9 Å². The van der Waals surface area contributed by atoms with Crippen LogP contribution in [0.4, 0.5) is 28.6 Å². The van der Waals surface area contributed by atoms with Crippen LogP contribution in [0.3, 0.4) is 0 Å². The summed E-state index contributed by atoms with van der Waals surface area (Å²) in [5.74, 6) is 0.631. The summed E-state index contributed by atoms with van der Waals surface area (Å²) in [6.07, 6.45) is 13.5. The Morgan fingerprint density at radius 1 is 0.883 bits per heavy atom. The van der Waals surface area contributed by atoms with Gasteiger partial charge in [-0.1, -0.05) is 68.8 Å². The fraction of sp³-hybridized carbons (Fsp3) is 0.333. The Hall–Kier alpha value is -3.57. The van der Waals surface area contributed by atoms with Gasteiger partial charge in [-0.15, -0.1) is 0 Å². The summed E-state index contributed by atoms with van der Waals surface area (Å²) in [6, 6.07) is 25.5. The first kappa shape index (κ1) is 49.1. The van der Waals surface area contributed by atoms with E-state index in [2.05, 4.69) is 91.8 Å². The number of hydrogen-bond acceptors (Lipinski definition) is 7. The normalized spacial score (nSPS) is 16.2. The monoisotopic (exact) mass is 872 g/mol. The molecule has 2 aliphatic heterocycles. The smallest absolute Gasteiger partial charge is 0.744 e. The molecule has 314 valence electrons. The second kappa shape index (κ2) is 20.5. The van der Waals surface area contributed by atoms with Gasteiger partial charge in [-0.25, -0.2) is 8.42 Å². The molecule has 4 aromatic carbocycles. The molecule has 2 heterocycles. The largest absolute Gasteiger partial charge is 1.00 e. The van der Waals surface area contributed by atoms with Gasteiger partial charge in [0.25, 0.3) is 0 Å². The molecule has 0 radical (unpaired) electrons. The maximum Gasteiger partial charge on any atom is 1.00 e. The third-order valence-electron chi connectivity index (χ3n) is 10.7. The van der Waals surface area contributed by atoms with Gasteiger partial charge in [-0.3, -0.25) is 4.79 Å². The van der Waals surface area contributed by atoms with Crippen molar-refractivity contribution in [3.05, 3.63) is 132 Å². The third kappa shape index (κ3) is 11.9. The molecule has 0 aromatic heterocycles. The maximum absolute atomic E-state index is 12.0. The number of carbonyl (C=O) groups excluding carboxylic acids is 1. The van der Waals surface area contributed by atoms with E-state index in [1.54, 1.807) is 13.2 Å². The molecule has 0 N–H and O–H groups in total. The zero-order valence-electron chi connectivity index (χ0n) is 35.2. The summed E-state index contributed by atoms with van der Waals surface area (Å²) < 4.78 is 87.7. The van der Waals surface area contributed by atoms with Crippen molar-refractivity contribution in [1.82, 2.24) is 0 Å². The van der Waals surface area contributed by atoms with Crippen LogP contribution < -0.4 is 61.0 Å². The Balaban J connectivity index is 0.00000125. The van der Waals surface area contributed by atoms with Crippen molar-refractivity contribution in [3.8, 4) is 5.75 Å². The quantitative estimate of drug-likeness (QED) is 0.0246. The van der Waals surface area contributed by atoms with Crippen LogP contribution in [0.25, 0.3) is 10.8 Å². The Kier molecular flexibility index (Phi) is 16.8. The van der Waals surface area contributed by atoms with E-state index in [1.807, 2.05) is 43.3 Å². The molecule has 8 nitrogen and oxygen atoms in total.